The van der Waals surface area contributed by atoms with Gasteiger partial charge in [0.1, 0.15) is 0 Å². The van der Waals surface area contributed by atoms with Crippen molar-refractivity contribution in [2.24, 2.45) is 9.98 Å². The summed E-state index contributed by atoms with van der Waals surface area (Å²) in [5.74, 6) is 0.721. The highest BCUT2D eigenvalue weighted by Crippen LogP contribution is 2.37. The molecule has 9 aromatic carbocycles. The summed E-state index contributed by atoms with van der Waals surface area (Å²) < 4.78 is 2.38. The Bertz CT molecular complexity index is 3200. The predicted molar refractivity (Wildman–Crippen MR) is 242 cm³/mol. The maximum absolute atomic E-state index is 5.39. The van der Waals surface area contributed by atoms with Crippen molar-refractivity contribution < 1.29 is 0 Å². The number of benzene rings is 9. The molecule has 3 heteroatoms. The van der Waals surface area contributed by atoms with Crippen LogP contribution in [0.25, 0.3) is 76.6 Å². The highest BCUT2D eigenvalue weighted by molar-refractivity contribution is 6.26. The number of aromatic nitrogens is 1. The summed E-state index contributed by atoms with van der Waals surface area (Å²) in [6, 6.07) is 69.7. The van der Waals surface area contributed by atoms with Crippen LogP contribution in [-0.2, 0) is 0 Å². The lowest BCUT2D eigenvalue weighted by Gasteiger charge is -2.16. The van der Waals surface area contributed by atoms with E-state index < -0.39 is 0 Å². The number of nitrogens with zero attached hydrogens (tertiary/aromatic N) is 3. The Kier molecular flexibility index (Phi) is 7.96. The Morgan fingerprint density at radius 2 is 0.877 bits per heavy atom. The van der Waals surface area contributed by atoms with Crippen molar-refractivity contribution in [3.8, 4) is 16.8 Å². The lowest BCUT2D eigenvalue weighted by atomic mass is 9.92. The maximum Gasteiger partial charge on any atom is 0.160 e. The lowest BCUT2D eigenvalue weighted by Crippen LogP contribution is -2.09. The first-order valence-corrected chi connectivity index (χ1v) is 19.7. The summed E-state index contributed by atoms with van der Waals surface area (Å²) in [5.41, 5.74) is 11.0. The van der Waals surface area contributed by atoms with Crippen molar-refractivity contribution in [1.82, 2.24) is 4.57 Å². The molecule has 1 aromatic heterocycles. The van der Waals surface area contributed by atoms with Crippen LogP contribution in [0.2, 0.25) is 0 Å². The SMILES string of the molecule is C1=C(c2cccc(-c3cccc(-n4c5ccccc5c5ccccc54)c3)c2)/N=C(c2ccccc2)\N=C(\c2ccc3c4ccccc4c4ccccc4c3c2)CC\1. The average Bonchev–Trinajstić information content (AvgIpc) is 3.61. The number of aliphatic imine (C=N–C) groups is 2. The molecule has 0 unspecified atom stereocenters. The fraction of sp³-hybridized carbons (Fsp3) is 0.0370. The number of rotatable bonds is 5. The van der Waals surface area contributed by atoms with Crippen LogP contribution in [0.5, 0.6) is 0 Å². The predicted octanol–water partition coefficient (Wildman–Crippen LogP) is 14.0. The zero-order chi connectivity index (χ0) is 37.7. The molecule has 0 fully saturated rings. The molecule has 0 saturated carbocycles. The van der Waals surface area contributed by atoms with Gasteiger partial charge >= 0.3 is 0 Å². The van der Waals surface area contributed by atoms with E-state index in [0.29, 0.717) is 0 Å². The molecular formula is C54H37N3. The molecular weight excluding hydrogens is 691 g/mol. The van der Waals surface area contributed by atoms with Crippen molar-refractivity contribution in [1.29, 1.82) is 0 Å². The normalized spacial score (nSPS) is 16.2. The third-order valence-corrected chi connectivity index (χ3v) is 11.5. The van der Waals surface area contributed by atoms with E-state index in [1.54, 1.807) is 0 Å². The second kappa shape index (κ2) is 13.7. The van der Waals surface area contributed by atoms with Gasteiger partial charge in [-0.3, -0.25) is 0 Å². The van der Waals surface area contributed by atoms with Crippen molar-refractivity contribution in [3.05, 3.63) is 217 Å². The maximum atomic E-state index is 5.39. The van der Waals surface area contributed by atoms with Crippen LogP contribution in [0, 0.1) is 0 Å². The van der Waals surface area contributed by atoms with E-state index in [0.717, 1.165) is 63.6 Å². The zero-order valence-electron chi connectivity index (χ0n) is 31.3. The third-order valence-electron chi connectivity index (χ3n) is 11.5. The van der Waals surface area contributed by atoms with Crippen LogP contribution < -0.4 is 0 Å². The Labute approximate surface area is 331 Å². The highest BCUT2D eigenvalue weighted by atomic mass is 15.0. The van der Waals surface area contributed by atoms with E-state index in [-0.39, 0.29) is 0 Å². The third kappa shape index (κ3) is 5.75. The standard InChI is InChI=1S/C54H37N3/c1-2-15-36(16-3-1)54-55-50(27-14-28-51(56-54)40-31-32-46-44-23-5-4-21-42(44)43-22-6-7-24-45(43)49(46)35-40)39-19-12-17-37(33-39)38-18-13-20-41(34-38)57-52-29-10-8-25-47(52)48-26-9-11-30-53(48)57/h1-13,15-27,29-35H,14,28H2/b50-27-,55-54-,56-51+. The van der Waals surface area contributed by atoms with Crippen LogP contribution in [0.1, 0.15) is 29.5 Å². The van der Waals surface area contributed by atoms with Gasteiger partial charge in [0, 0.05) is 27.6 Å². The number of amidine groups is 1. The summed E-state index contributed by atoms with van der Waals surface area (Å²) in [4.78, 5) is 10.7. The monoisotopic (exact) mass is 727 g/mol. The van der Waals surface area contributed by atoms with Crippen molar-refractivity contribution in [2.75, 3.05) is 0 Å². The minimum absolute atomic E-state index is 0.721. The van der Waals surface area contributed by atoms with E-state index >= 15 is 0 Å². The average molecular weight is 728 g/mol. The molecule has 1 aliphatic heterocycles. The van der Waals surface area contributed by atoms with Crippen molar-refractivity contribution in [2.45, 2.75) is 12.8 Å². The molecule has 0 aliphatic carbocycles. The summed E-state index contributed by atoms with van der Waals surface area (Å²) in [6.45, 7) is 0. The molecule has 2 heterocycles. The molecule has 10 aromatic rings. The molecule has 0 radical (unpaired) electrons. The van der Waals surface area contributed by atoms with Gasteiger partial charge < -0.3 is 4.57 Å². The smallest absolute Gasteiger partial charge is 0.160 e. The van der Waals surface area contributed by atoms with Gasteiger partial charge in [0.05, 0.1) is 22.4 Å². The van der Waals surface area contributed by atoms with Crippen LogP contribution in [0.4, 0.5) is 0 Å². The molecule has 3 nitrogen and oxygen atoms in total. The largest absolute Gasteiger partial charge is 0.309 e. The Balaban J connectivity index is 0.997. The summed E-state index contributed by atoms with van der Waals surface area (Å²) in [7, 11) is 0. The minimum atomic E-state index is 0.721. The minimum Gasteiger partial charge on any atom is -0.309 e. The van der Waals surface area contributed by atoms with E-state index in [2.05, 4.69) is 199 Å². The number of allylic oxidation sites excluding steroid dienone is 1. The van der Waals surface area contributed by atoms with E-state index in [9.17, 15) is 0 Å². The summed E-state index contributed by atoms with van der Waals surface area (Å²) in [6.07, 6.45) is 3.91. The molecule has 0 saturated heterocycles. The molecule has 1 aliphatic rings. The van der Waals surface area contributed by atoms with Crippen molar-refractivity contribution in [3.63, 3.8) is 0 Å². The van der Waals surface area contributed by atoms with Crippen LogP contribution in [-0.4, -0.2) is 16.1 Å². The molecule has 268 valence electrons. The highest BCUT2D eigenvalue weighted by Gasteiger charge is 2.17. The Hall–Kier alpha value is -7.36. The van der Waals surface area contributed by atoms with Gasteiger partial charge in [0.2, 0.25) is 0 Å². The first-order chi connectivity index (χ1) is 28.3. The van der Waals surface area contributed by atoms with Gasteiger partial charge in [-0.2, -0.15) is 0 Å². The number of hydrogen-bond acceptors (Lipinski definition) is 2. The van der Waals surface area contributed by atoms with Gasteiger partial charge in [-0.1, -0.05) is 164 Å². The van der Waals surface area contributed by atoms with Gasteiger partial charge in [-0.05, 0) is 98.2 Å². The molecule has 57 heavy (non-hydrogen) atoms. The fourth-order valence-corrected chi connectivity index (χ4v) is 8.79. The molecule has 0 bridgehead atoms. The first-order valence-electron chi connectivity index (χ1n) is 19.7. The van der Waals surface area contributed by atoms with Crippen LogP contribution in [0.3, 0.4) is 0 Å². The van der Waals surface area contributed by atoms with Gasteiger partial charge in [-0.25, -0.2) is 9.98 Å². The van der Waals surface area contributed by atoms with Crippen molar-refractivity contribution >= 4 is 71.4 Å². The fourth-order valence-electron chi connectivity index (χ4n) is 8.79. The summed E-state index contributed by atoms with van der Waals surface area (Å²) >= 11 is 0. The lowest BCUT2D eigenvalue weighted by molar-refractivity contribution is 1.09. The quantitative estimate of drug-likeness (QED) is 0.158. The molecule has 11 rings (SSSR count). The van der Waals surface area contributed by atoms with E-state index in [1.807, 2.05) is 6.07 Å². The molecule has 0 N–H and O–H groups in total. The second-order valence-corrected chi connectivity index (χ2v) is 14.8. The Morgan fingerprint density at radius 3 is 1.56 bits per heavy atom. The molecule has 0 amide bonds. The Morgan fingerprint density at radius 1 is 0.351 bits per heavy atom. The van der Waals surface area contributed by atoms with Gasteiger partial charge in [0.15, 0.2) is 5.84 Å². The number of para-hydroxylation sites is 2. The molecule has 0 atom stereocenters. The van der Waals surface area contributed by atoms with Gasteiger partial charge in [0.25, 0.3) is 0 Å². The zero-order valence-corrected chi connectivity index (χ0v) is 31.3. The van der Waals surface area contributed by atoms with Crippen LogP contribution in [0.15, 0.2) is 210 Å². The van der Waals surface area contributed by atoms with Gasteiger partial charge in [-0.15, -0.1) is 0 Å². The molecule has 0 spiro atoms. The van der Waals surface area contributed by atoms with Crippen LogP contribution >= 0.6 is 0 Å². The topological polar surface area (TPSA) is 29.6 Å². The number of hydrogen-bond donors (Lipinski definition) is 0. The summed E-state index contributed by atoms with van der Waals surface area (Å²) in [5, 5.41) is 10.1. The second-order valence-electron chi connectivity index (χ2n) is 14.8. The van der Waals surface area contributed by atoms with E-state index in [1.165, 1.54) is 54.1 Å². The first kappa shape index (κ1) is 33.0. The van der Waals surface area contributed by atoms with E-state index in [4.69, 9.17) is 9.98 Å². The number of fused-ring (bicyclic) bond motifs is 9.